The molecule has 110 valence electrons. The smallest absolute Gasteiger partial charge is 0.327 e. The molecule has 0 heterocycles. The fraction of sp³-hybridized carbons (Fsp3) is 0.727. The minimum absolute atomic E-state index is 0.0182. The van der Waals surface area contributed by atoms with E-state index in [9.17, 15) is 14.4 Å². The maximum atomic E-state index is 11.5. The van der Waals surface area contributed by atoms with Gasteiger partial charge in [0.05, 0.1) is 0 Å². The number of amides is 1. The van der Waals surface area contributed by atoms with Crippen LogP contribution in [0.3, 0.4) is 0 Å². The molecule has 0 saturated carbocycles. The molecule has 0 rings (SSSR count). The molecule has 0 bridgehead atoms. The summed E-state index contributed by atoms with van der Waals surface area (Å²) in [5.41, 5.74) is 5.25. The molecule has 5 N–H and O–H groups in total. The average Bonchev–Trinajstić information content (AvgIpc) is 2.34. The van der Waals surface area contributed by atoms with Gasteiger partial charge in [-0.2, -0.15) is 11.8 Å². The predicted molar refractivity (Wildman–Crippen MR) is 72.0 cm³/mol. The summed E-state index contributed by atoms with van der Waals surface area (Å²) >= 11 is 1.45. The topological polar surface area (TPSA) is 130 Å². The van der Waals surface area contributed by atoms with E-state index in [1.165, 1.54) is 11.8 Å². The molecular formula is C11H20N2O5S. The highest BCUT2D eigenvalue weighted by atomic mass is 32.2. The third-order valence-corrected chi connectivity index (χ3v) is 3.53. The summed E-state index contributed by atoms with van der Waals surface area (Å²) in [6, 6.07) is -2.06. The molecule has 0 saturated heterocycles. The van der Waals surface area contributed by atoms with E-state index in [-0.39, 0.29) is 12.8 Å². The second-order valence-electron chi connectivity index (χ2n) is 4.02. The van der Waals surface area contributed by atoms with E-state index < -0.39 is 29.9 Å². The van der Waals surface area contributed by atoms with Gasteiger partial charge in [0.25, 0.3) is 0 Å². The van der Waals surface area contributed by atoms with Gasteiger partial charge in [-0.1, -0.05) is 6.92 Å². The summed E-state index contributed by atoms with van der Waals surface area (Å²) in [7, 11) is 0. The van der Waals surface area contributed by atoms with Crippen molar-refractivity contribution in [3.8, 4) is 0 Å². The van der Waals surface area contributed by atoms with Crippen molar-refractivity contribution in [2.45, 2.75) is 38.3 Å². The van der Waals surface area contributed by atoms with Gasteiger partial charge >= 0.3 is 11.9 Å². The number of carbonyl (C=O) groups excluding carboxylic acids is 1. The Labute approximate surface area is 115 Å². The van der Waals surface area contributed by atoms with Crippen molar-refractivity contribution >= 4 is 29.6 Å². The summed E-state index contributed by atoms with van der Waals surface area (Å²) in [6.07, 6.45) is 0.809. The highest BCUT2D eigenvalue weighted by molar-refractivity contribution is 7.99. The third kappa shape index (κ3) is 8.44. The van der Waals surface area contributed by atoms with Crippen molar-refractivity contribution in [1.82, 2.24) is 5.32 Å². The van der Waals surface area contributed by atoms with Crippen LogP contribution in [0.5, 0.6) is 0 Å². The number of hydrogen-bond donors (Lipinski definition) is 4. The van der Waals surface area contributed by atoms with Crippen LogP contribution in [0.15, 0.2) is 0 Å². The molecule has 0 aliphatic heterocycles. The molecule has 19 heavy (non-hydrogen) atoms. The van der Waals surface area contributed by atoms with Crippen molar-refractivity contribution in [2.24, 2.45) is 5.73 Å². The van der Waals surface area contributed by atoms with Crippen molar-refractivity contribution in [3.05, 3.63) is 0 Å². The lowest BCUT2D eigenvalue weighted by atomic mass is 10.1. The number of rotatable bonds is 10. The van der Waals surface area contributed by atoms with Crippen molar-refractivity contribution in [2.75, 3.05) is 11.5 Å². The van der Waals surface area contributed by atoms with Crippen LogP contribution in [0.2, 0.25) is 0 Å². The Morgan fingerprint density at radius 2 is 1.89 bits per heavy atom. The van der Waals surface area contributed by atoms with E-state index >= 15 is 0 Å². The van der Waals surface area contributed by atoms with Crippen LogP contribution in [0.1, 0.15) is 26.2 Å². The molecule has 7 nitrogen and oxygen atoms in total. The SMILES string of the molecule is CCCSC[C@H](NC(=O)CCC(N)C(=O)O)C(=O)O. The summed E-state index contributed by atoms with van der Waals surface area (Å²) in [5.74, 6) is -1.66. The zero-order valence-electron chi connectivity index (χ0n) is 10.8. The second-order valence-corrected chi connectivity index (χ2v) is 5.17. The van der Waals surface area contributed by atoms with Crippen molar-refractivity contribution < 1.29 is 24.6 Å². The third-order valence-electron chi connectivity index (χ3n) is 2.27. The molecule has 1 amide bonds. The van der Waals surface area contributed by atoms with Gasteiger partial charge in [0.15, 0.2) is 0 Å². The first-order valence-corrected chi connectivity index (χ1v) is 7.12. The highest BCUT2D eigenvalue weighted by Gasteiger charge is 2.20. The number of hydrogen-bond acceptors (Lipinski definition) is 5. The van der Waals surface area contributed by atoms with E-state index in [1.807, 2.05) is 6.92 Å². The van der Waals surface area contributed by atoms with Crippen molar-refractivity contribution in [1.29, 1.82) is 0 Å². The summed E-state index contributed by atoms with van der Waals surface area (Å²) in [4.78, 5) is 32.9. The van der Waals surface area contributed by atoms with Gasteiger partial charge in [0.2, 0.25) is 5.91 Å². The summed E-state index contributed by atoms with van der Waals surface area (Å²) < 4.78 is 0. The Kier molecular flexibility index (Phi) is 8.98. The molecular weight excluding hydrogens is 272 g/mol. The Balaban J connectivity index is 4.09. The van der Waals surface area contributed by atoms with Gasteiger partial charge < -0.3 is 21.3 Å². The number of carboxylic acid groups (broad SMARTS) is 2. The van der Waals surface area contributed by atoms with Crippen LogP contribution in [0, 0.1) is 0 Å². The average molecular weight is 292 g/mol. The zero-order chi connectivity index (χ0) is 14.8. The zero-order valence-corrected chi connectivity index (χ0v) is 11.6. The van der Waals surface area contributed by atoms with Crippen LogP contribution in [0.25, 0.3) is 0 Å². The number of aliphatic carboxylic acids is 2. The number of carboxylic acids is 2. The molecule has 0 aromatic carbocycles. The minimum Gasteiger partial charge on any atom is -0.480 e. The largest absolute Gasteiger partial charge is 0.480 e. The van der Waals surface area contributed by atoms with Gasteiger partial charge in [0.1, 0.15) is 12.1 Å². The molecule has 0 aromatic rings. The van der Waals surface area contributed by atoms with Crippen LogP contribution in [-0.4, -0.2) is 51.6 Å². The van der Waals surface area contributed by atoms with E-state index in [0.29, 0.717) is 5.75 Å². The lowest BCUT2D eigenvalue weighted by Crippen LogP contribution is -2.43. The Bertz CT molecular complexity index is 324. The maximum Gasteiger partial charge on any atom is 0.327 e. The molecule has 0 spiro atoms. The van der Waals surface area contributed by atoms with E-state index in [4.69, 9.17) is 15.9 Å². The van der Waals surface area contributed by atoms with E-state index in [0.717, 1.165) is 12.2 Å². The summed E-state index contributed by atoms with van der Waals surface area (Å²) in [5, 5.41) is 19.9. The van der Waals surface area contributed by atoms with Gasteiger partial charge in [-0.05, 0) is 18.6 Å². The number of carbonyl (C=O) groups is 3. The van der Waals surface area contributed by atoms with Gasteiger partial charge in [0, 0.05) is 12.2 Å². The fourth-order valence-corrected chi connectivity index (χ4v) is 2.11. The molecule has 1 unspecified atom stereocenters. The lowest BCUT2D eigenvalue weighted by molar-refractivity contribution is -0.141. The highest BCUT2D eigenvalue weighted by Crippen LogP contribution is 2.05. The van der Waals surface area contributed by atoms with Crippen LogP contribution in [0.4, 0.5) is 0 Å². The van der Waals surface area contributed by atoms with Gasteiger partial charge in [-0.15, -0.1) is 0 Å². The van der Waals surface area contributed by atoms with Crippen LogP contribution >= 0.6 is 11.8 Å². The first-order chi connectivity index (χ1) is 8.88. The maximum absolute atomic E-state index is 11.5. The molecule has 0 aromatic heterocycles. The second kappa shape index (κ2) is 9.62. The Hall–Kier alpha value is -1.28. The lowest BCUT2D eigenvalue weighted by Gasteiger charge is -2.14. The Morgan fingerprint density at radius 3 is 2.37 bits per heavy atom. The quantitative estimate of drug-likeness (QED) is 0.413. The normalized spacial score (nSPS) is 13.6. The minimum atomic E-state index is -1.18. The number of nitrogens with two attached hydrogens (primary N) is 1. The predicted octanol–water partition coefficient (Wildman–Crippen LogP) is -0.109. The first-order valence-electron chi connectivity index (χ1n) is 5.96. The summed E-state index contributed by atoms with van der Waals surface area (Å²) in [6.45, 7) is 1.98. The Morgan fingerprint density at radius 1 is 1.26 bits per heavy atom. The molecule has 0 fully saturated rings. The monoisotopic (exact) mass is 292 g/mol. The molecule has 0 radical (unpaired) electrons. The number of thioether (sulfide) groups is 1. The van der Waals surface area contributed by atoms with Gasteiger partial charge in [-0.25, -0.2) is 4.79 Å². The van der Waals surface area contributed by atoms with Crippen LogP contribution < -0.4 is 11.1 Å². The van der Waals surface area contributed by atoms with Crippen LogP contribution in [-0.2, 0) is 14.4 Å². The van der Waals surface area contributed by atoms with Gasteiger partial charge in [-0.3, -0.25) is 9.59 Å². The molecule has 8 heteroatoms. The number of nitrogens with one attached hydrogen (secondary N) is 1. The first kappa shape index (κ1) is 17.7. The molecule has 0 aliphatic rings. The molecule has 0 aliphatic carbocycles. The molecule has 2 atom stereocenters. The van der Waals surface area contributed by atoms with E-state index in [1.54, 1.807) is 0 Å². The standard InChI is InChI=1S/C11H20N2O5S/c1-2-5-19-6-8(11(17)18)13-9(14)4-3-7(12)10(15)16/h7-8H,2-6,12H2,1H3,(H,13,14)(H,15,16)(H,17,18)/t7?,8-/m0/s1. The fourth-order valence-electron chi connectivity index (χ4n) is 1.20. The van der Waals surface area contributed by atoms with Crippen molar-refractivity contribution in [3.63, 3.8) is 0 Å². The van der Waals surface area contributed by atoms with E-state index in [2.05, 4.69) is 5.32 Å².